The van der Waals surface area contributed by atoms with Crippen LogP contribution in [0.15, 0.2) is 24.5 Å². The average molecular weight is 422 g/mol. The van der Waals surface area contributed by atoms with Gasteiger partial charge in [-0.25, -0.2) is 4.98 Å². The van der Waals surface area contributed by atoms with Crippen LogP contribution in [0.3, 0.4) is 0 Å². The quantitative estimate of drug-likeness (QED) is 0.507. The van der Waals surface area contributed by atoms with Crippen molar-refractivity contribution in [1.29, 1.82) is 5.26 Å². The van der Waals surface area contributed by atoms with E-state index in [0.29, 0.717) is 30.4 Å². The Morgan fingerprint density at radius 1 is 1.19 bits per heavy atom. The molecule has 4 heterocycles. The SMILES string of the molecule is CCC1CC(Nc2nc(Nc3cc(C)[nH]n3)cc3nccn23)CC(CC)N1CCC#N. The van der Waals surface area contributed by atoms with Gasteiger partial charge in [-0.15, -0.1) is 0 Å². The van der Waals surface area contributed by atoms with Gasteiger partial charge in [0.1, 0.15) is 11.5 Å². The summed E-state index contributed by atoms with van der Waals surface area (Å²) >= 11 is 0. The summed E-state index contributed by atoms with van der Waals surface area (Å²) in [5, 5.41) is 23.2. The Morgan fingerprint density at radius 2 is 1.97 bits per heavy atom. The summed E-state index contributed by atoms with van der Waals surface area (Å²) < 4.78 is 1.99. The lowest BCUT2D eigenvalue weighted by Gasteiger charge is -2.45. The van der Waals surface area contributed by atoms with Crippen molar-refractivity contribution in [3.05, 3.63) is 30.2 Å². The molecule has 0 radical (unpaired) electrons. The molecule has 0 spiro atoms. The molecular formula is C22H31N9. The third kappa shape index (κ3) is 4.64. The molecule has 4 rings (SSSR count). The van der Waals surface area contributed by atoms with Gasteiger partial charge >= 0.3 is 0 Å². The summed E-state index contributed by atoms with van der Waals surface area (Å²) in [4.78, 5) is 11.8. The summed E-state index contributed by atoms with van der Waals surface area (Å²) in [6.07, 6.45) is 8.53. The predicted molar refractivity (Wildman–Crippen MR) is 121 cm³/mol. The first-order valence-corrected chi connectivity index (χ1v) is 11.1. The van der Waals surface area contributed by atoms with Crippen molar-refractivity contribution in [3.8, 4) is 6.07 Å². The number of hydrogen-bond acceptors (Lipinski definition) is 7. The fraction of sp³-hybridized carbons (Fsp3) is 0.545. The zero-order valence-corrected chi connectivity index (χ0v) is 18.5. The first kappa shape index (κ1) is 21.1. The summed E-state index contributed by atoms with van der Waals surface area (Å²) in [6, 6.07) is 7.42. The first-order valence-electron chi connectivity index (χ1n) is 11.1. The lowest BCUT2D eigenvalue weighted by Crippen LogP contribution is -2.52. The van der Waals surface area contributed by atoms with Crippen LogP contribution < -0.4 is 10.6 Å². The largest absolute Gasteiger partial charge is 0.352 e. The monoisotopic (exact) mass is 421 g/mol. The Bertz CT molecular complexity index is 1030. The number of hydrogen-bond donors (Lipinski definition) is 3. The van der Waals surface area contributed by atoms with Gasteiger partial charge in [-0.2, -0.15) is 15.3 Å². The van der Waals surface area contributed by atoms with Crippen molar-refractivity contribution < 1.29 is 0 Å². The van der Waals surface area contributed by atoms with Crippen molar-refractivity contribution >= 4 is 23.2 Å². The predicted octanol–water partition coefficient (Wildman–Crippen LogP) is 3.85. The average Bonchev–Trinajstić information content (AvgIpc) is 3.41. The molecule has 9 heteroatoms. The van der Waals surface area contributed by atoms with Gasteiger partial charge in [-0.3, -0.25) is 14.4 Å². The van der Waals surface area contributed by atoms with Gasteiger partial charge in [0.15, 0.2) is 5.82 Å². The lowest BCUT2D eigenvalue weighted by atomic mass is 9.88. The van der Waals surface area contributed by atoms with E-state index in [1.165, 1.54) is 0 Å². The Labute approximate surface area is 182 Å². The fourth-order valence-electron chi connectivity index (χ4n) is 4.67. The van der Waals surface area contributed by atoms with E-state index < -0.39 is 0 Å². The minimum absolute atomic E-state index is 0.314. The number of nitrogens with zero attached hydrogens (tertiary/aromatic N) is 6. The molecule has 3 N–H and O–H groups in total. The van der Waals surface area contributed by atoms with Crippen LogP contribution in [0.5, 0.6) is 0 Å². The molecule has 2 atom stereocenters. The number of H-pyrrole nitrogens is 1. The van der Waals surface area contributed by atoms with Gasteiger partial charge in [-0.05, 0) is 32.6 Å². The summed E-state index contributed by atoms with van der Waals surface area (Å²) in [5.41, 5.74) is 1.82. The molecule has 3 aromatic rings. The van der Waals surface area contributed by atoms with Gasteiger partial charge in [0.05, 0.1) is 6.07 Å². The maximum absolute atomic E-state index is 9.06. The highest BCUT2D eigenvalue weighted by Crippen LogP contribution is 2.30. The first-order chi connectivity index (χ1) is 15.1. The molecule has 0 bridgehead atoms. The highest BCUT2D eigenvalue weighted by molar-refractivity contribution is 5.61. The number of nitriles is 1. The molecule has 0 aliphatic carbocycles. The van der Waals surface area contributed by atoms with Crippen LogP contribution in [0.1, 0.15) is 51.6 Å². The van der Waals surface area contributed by atoms with E-state index in [1.54, 1.807) is 6.20 Å². The zero-order valence-electron chi connectivity index (χ0n) is 18.5. The summed E-state index contributed by atoms with van der Waals surface area (Å²) in [6.45, 7) is 7.30. The molecule has 164 valence electrons. The van der Waals surface area contributed by atoms with Crippen LogP contribution in [-0.2, 0) is 0 Å². The molecule has 1 aliphatic heterocycles. The van der Waals surface area contributed by atoms with Crippen LogP contribution in [0.2, 0.25) is 0 Å². The molecule has 1 fully saturated rings. The number of fused-ring (bicyclic) bond motifs is 1. The summed E-state index contributed by atoms with van der Waals surface area (Å²) in [5.74, 6) is 2.22. The fourth-order valence-corrected chi connectivity index (χ4v) is 4.67. The minimum atomic E-state index is 0.314. The third-order valence-corrected chi connectivity index (χ3v) is 6.16. The second-order valence-electron chi connectivity index (χ2n) is 8.26. The molecule has 2 unspecified atom stereocenters. The molecular weight excluding hydrogens is 390 g/mol. The number of likely N-dealkylation sites (tertiary alicyclic amines) is 1. The Kier molecular flexibility index (Phi) is 6.37. The van der Waals surface area contributed by atoms with Crippen molar-refractivity contribution in [3.63, 3.8) is 0 Å². The Morgan fingerprint density at radius 3 is 2.61 bits per heavy atom. The maximum atomic E-state index is 9.06. The molecule has 0 aromatic carbocycles. The Hall–Kier alpha value is -3.12. The topological polar surface area (TPSA) is 110 Å². The van der Waals surface area contributed by atoms with Crippen LogP contribution >= 0.6 is 0 Å². The van der Waals surface area contributed by atoms with E-state index >= 15 is 0 Å². The van der Waals surface area contributed by atoms with E-state index in [-0.39, 0.29) is 0 Å². The number of aromatic nitrogens is 5. The highest BCUT2D eigenvalue weighted by Gasteiger charge is 2.34. The molecule has 0 saturated carbocycles. The smallest absolute Gasteiger partial charge is 0.210 e. The van der Waals surface area contributed by atoms with Crippen LogP contribution in [0.25, 0.3) is 5.65 Å². The maximum Gasteiger partial charge on any atom is 0.210 e. The third-order valence-electron chi connectivity index (χ3n) is 6.16. The number of rotatable bonds is 8. The molecule has 9 nitrogen and oxygen atoms in total. The zero-order chi connectivity index (χ0) is 21.8. The van der Waals surface area contributed by atoms with Gasteiger partial charge in [0.2, 0.25) is 5.95 Å². The second-order valence-corrected chi connectivity index (χ2v) is 8.26. The number of nitrogens with one attached hydrogen (secondary N) is 3. The van der Waals surface area contributed by atoms with E-state index in [0.717, 1.165) is 55.3 Å². The van der Waals surface area contributed by atoms with Crippen LogP contribution in [-0.4, -0.2) is 54.1 Å². The summed E-state index contributed by atoms with van der Waals surface area (Å²) in [7, 11) is 0. The van der Waals surface area contributed by atoms with E-state index in [9.17, 15) is 0 Å². The van der Waals surface area contributed by atoms with Crippen LogP contribution in [0, 0.1) is 18.3 Å². The molecule has 1 aliphatic rings. The number of piperidine rings is 1. The molecule has 0 amide bonds. The second kappa shape index (κ2) is 9.35. The van der Waals surface area contributed by atoms with Gasteiger partial charge in [0.25, 0.3) is 0 Å². The highest BCUT2D eigenvalue weighted by atomic mass is 15.3. The Balaban J connectivity index is 1.56. The lowest BCUT2D eigenvalue weighted by molar-refractivity contribution is 0.0734. The molecule has 1 saturated heterocycles. The normalized spacial score (nSPS) is 21.8. The van der Waals surface area contributed by atoms with Crippen molar-refractivity contribution in [1.82, 2.24) is 29.5 Å². The van der Waals surface area contributed by atoms with Crippen molar-refractivity contribution in [2.24, 2.45) is 0 Å². The van der Waals surface area contributed by atoms with Gasteiger partial charge in [-0.1, -0.05) is 13.8 Å². The van der Waals surface area contributed by atoms with Gasteiger partial charge < -0.3 is 10.6 Å². The standard InChI is InChI=1S/C22H31N9/c1-4-17-12-16(13-18(5-2)30(17)9-6-7-23)25-22-27-19(14-21-24-8-10-31(21)22)26-20-11-15(3)28-29-20/h8,10-11,14,16-18H,4-6,9,12-13H2,1-3H3,(H,25,27)(H2,26,28,29). The van der Waals surface area contributed by atoms with E-state index in [2.05, 4.69) is 50.6 Å². The number of imidazole rings is 1. The van der Waals surface area contributed by atoms with Gasteiger partial charge in [0, 0.05) is 61.3 Å². The molecule has 31 heavy (non-hydrogen) atoms. The number of aromatic amines is 1. The minimum Gasteiger partial charge on any atom is -0.352 e. The number of anilines is 3. The molecule has 3 aromatic heterocycles. The van der Waals surface area contributed by atoms with Crippen molar-refractivity contribution in [2.45, 2.75) is 71.0 Å². The van der Waals surface area contributed by atoms with E-state index in [4.69, 9.17) is 10.2 Å². The van der Waals surface area contributed by atoms with Crippen molar-refractivity contribution in [2.75, 3.05) is 17.2 Å². The number of aryl methyl sites for hydroxylation is 1. The van der Waals surface area contributed by atoms with Crippen LogP contribution in [0.4, 0.5) is 17.6 Å². The van der Waals surface area contributed by atoms with E-state index in [1.807, 2.05) is 29.7 Å².